The van der Waals surface area contributed by atoms with Gasteiger partial charge in [0.2, 0.25) is 0 Å². The Bertz CT molecular complexity index is 1120. The Hall–Kier alpha value is -2.12. The molecule has 0 spiro atoms. The van der Waals surface area contributed by atoms with E-state index >= 15 is 0 Å². The SMILES string of the molecule is CCc1cccc(CC)c1NS(=O)(=O)c1ccc2c(c1)sc(=O)n2C(C)C. The van der Waals surface area contributed by atoms with E-state index in [0.717, 1.165) is 40.8 Å². The number of anilines is 1. The predicted molar refractivity (Wildman–Crippen MR) is 112 cm³/mol. The minimum absolute atomic E-state index is 0.0235. The van der Waals surface area contributed by atoms with Crippen molar-refractivity contribution < 1.29 is 8.42 Å². The first-order chi connectivity index (χ1) is 12.8. The van der Waals surface area contributed by atoms with E-state index in [0.29, 0.717) is 10.4 Å². The molecule has 1 aromatic heterocycles. The maximum absolute atomic E-state index is 13.0. The first-order valence-electron chi connectivity index (χ1n) is 9.07. The number of fused-ring (bicyclic) bond motifs is 1. The number of para-hydroxylation sites is 1. The lowest BCUT2D eigenvalue weighted by Crippen LogP contribution is -2.16. The Kier molecular flexibility index (Phi) is 5.44. The molecule has 7 heteroatoms. The highest BCUT2D eigenvalue weighted by atomic mass is 32.2. The lowest BCUT2D eigenvalue weighted by molar-refractivity contribution is 0.601. The summed E-state index contributed by atoms with van der Waals surface area (Å²) >= 11 is 1.07. The lowest BCUT2D eigenvalue weighted by atomic mass is 10.0. The number of nitrogens with zero attached hydrogens (tertiary/aromatic N) is 1. The highest BCUT2D eigenvalue weighted by Gasteiger charge is 2.20. The van der Waals surface area contributed by atoms with Gasteiger partial charge in [0.05, 0.1) is 20.8 Å². The lowest BCUT2D eigenvalue weighted by Gasteiger charge is -2.16. The molecule has 0 aliphatic carbocycles. The van der Waals surface area contributed by atoms with E-state index in [2.05, 4.69) is 4.72 Å². The number of sulfonamides is 1. The van der Waals surface area contributed by atoms with Crippen LogP contribution >= 0.6 is 11.3 Å². The third-order valence-corrected chi connectivity index (χ3v) is 6.91. The van der Waals surface area contributed by atoms with Crippen LogP contribution in [0.1, 0.15) is 44.9 Å². The summed E-state index contributed by atoms with van der Waals surface area (Å²) in [5.41, 5.74) is 3.36. The largest absolute Gasteiger partial charge is 0.308 e. The number of rotatable bonds is 6. The summed E-state index contributed by atoms with van der Waals surface area (Å²) in [7, 11) is -3.75. The van der Waals surface area contributed by atoms with E-state index in [9.17, 15) is 13.2 Å². The van der Waals surface area contributed by atoms with E-state index < -0.39 is 10.0 Å². The van der Waals surface area contributed by atoms with Gasteiger partial charge in [0.15, 0.2) is 0 Å². The molecule has 27 heavy (non-hydrogen) atoms. The van der Waals surface area contributed by atoms with Crippen LogP contribution in [-0.4, -0.2) is 13.0 Å². The van der Waals surface area contributed by atoms with Gasteiger partial charge in [-0.25, -0.2) is 8.42 Å². The maximum atomic E-state index is 13.0. The first-order valence-corrected chi connectivity index (χ1v) is 11.4. The quantitative estimate of drug-likeness (QED) is 0.654. The minimum Gasteiger partial charge on any atom is -0.296 e. The number of hydrogen-bond acceptors (Lipinski definition) is 4. The summed E-state index contributed by atoms with van der Waals surface area (Å²) in [6.45, 7) is 7.89. The van der Waals surface area contributed by atoms with Gasteiger partial charge in [0.1, 0.15) is 0 Å². The monoisotopic (exact) mass is 404 g/mol. The minimum atomic E-state index is -3.75. The summed E-state index contributed by atoms with van der Waals surface area (Å²) < 4.78 is 31.2. The second-order valence-electron chi connectivity index (χ2n) is 6.73. The van der Waals surface area contributed by atoms with Crippen molar-refractivity contribution in [2.24, 2.45) is 0 Å². The molecule has 0 saturated carbocycles. The number of benzene rings is 2. The molecule has 0 aliphatic rings. The number of aryl methyl sites for hydroxylation is 2. The number of nitrogens with one attached hydrogen (secondary N) is 1. The summed E-state index contributed by atoms with van der Waals surface area (Å²) in [5, 5.41) is 0. The van der Waals surface area contributed by atoms with E-state index in [1.54, 1.807) is 22.8 Å². The zero-order valence-electron chi connectivity index (χ0n) is 15.9. The van der Waals surface area contributed by atoms with Gasteiger partial charge in [0.25, 0.3) is 10.0 Å². The molecule has 3 aromatic rings. The van der Waals surface area contributed by atoms with Crippen molar-refractivity contribution >= 4 is 37.3 Å². The van der Waals surface area contributed by atoms with Crippen LogP contribution in [0.15, 0.2) is 46.1 Å². The summed E-state index contributed by atoms with van der Waals surface area (Å²) in [6.07, 6.45) is 1.48. The van der Waals surface area contributed by atoms with Gasteiger partial charge in [-0.15, -0.1) is 0 Å². The van der Waals surface area contributed by atoms with Gasteiger partial charge in [-0.2, -0.15) is 0 Å². The van der Waals surface area contributed by atoms with Crippen LogP contribution in [0.3, 0.4) is 0 Å². The van der Waals surface area contributed by atoms with Gasteiger partial charge in [-0.1, -0.05) is 43.4 Å². The maximum Gasteiger partial charge on any atom is 0.308 e. The third-order valence-electron chi connectivity index (χ3n) is 4.65. The van der Waals surface area contributed by atoms with Crippen LogP contribution in [-0.2, 0) is 22.9 Å². The summed E-state index contributed by atoms with van der Waals surface area (Å²) in [5.74, 6) is 0. The molecule has 144 valence electrons. The predicted octanol–water partition coefficient (Wildman–Crippen LogP) is 4.57. The number of hydrogen-bond donors (Lipinski definition) is 1. The fourth-order valence-corrected chi connectivity index (χ4v) is 5.54. The van der Waals surface area contributed by atoms with Gasteiger partial charge in [0, 0.05) is 6.04 Å². The Balaban J connectivity index is 2.07. The molecule has 1 N–H and O–H groups in total. The van der Waals surface area contributed by atoms with Crippen LogP contribution in [0.25, 0.3) is 10.2 Å². The van der Waals surface area contributed by atoms with Gasteiger partial charge in [-0.3, -0.25) is 14.1 Å². The Morgan fingerprint density at radius 1 is 1.07 bits per heavy atom. The van der Waals surface area contributed by atoms with Crippen molar-refractivity contribution in [3.05, 3.63) is 57.2 Å². The summed E-state index contributed by atoms with van der Waals surface area (Å²) in [6, 6.07) is 10.7. The first kappa shape index (κ1) is 19.6. The molecule has 0 bridgehead atoms. The average molecular weight is 405 g/mol. The van der Waals surface area contributed by atoms with Crippen molar-refractivity contribution in [2.75, 3.05) is 4.72 Å². The molecule has 5 nitrogen and oxygen atoms in total. The highest BCUT2D eigenvalue weighted by molar-refractivity contribution is 7.92. The van der Waals surface area contributed by atoms with Gasteiger partial charge < -0.3 is 0 Å². The van der Waals surface area contributed by atoms with Crippen LogP contribution < -0.4 is 9.60 Å². The average Bonchev–Trinajstić information content (AvgIpc) is 2.96. The van der Waals surface area contributed by atoms with Crippen LogP contribution in [0.4, 0.5) is 5.69 Å². The van der Waals surface area contributed by atoms with Crippen molar-refractivity contribution in [3.8, 4) is 0 Å². The fourth-order valence-electron chi connectivity index (χ4n) is 3.24. The molecule has 0 amide bonds. The molecule has 0 fully saturated rings. The van der Waals surface area contributed by atoms with Crippen LogP contribution in [0, 0.1) is 0 Å². The molecule has 0 aliphatic heterocycles. The fraction of sp³-hybridized carbons (Fsp3) is 0.350. The van der Waals surface area contributed by atoms with Crippen LogP contribution in [0.5, 0.6) is 0 Å². The third kappa shape index (κ3) is 3.66. The van der Waals surface area contributed by atoms with E-state index in [4.69, 9.17) is 0 Å². The van der Waals surface area contributed by atoms with Crippen molar-refractivity contribution in [1.82, 2.24) is 4.57 Å². The molecular weight excluding hydrogens is 380 g/mol. The normalized spacial score (nSPS) is 12.0. The zero-order chi connectivity index (χ0) is 19.8. The second kappa shape index (κ2) is 7.48. The molecule has 0 radical (unpaired) electrons. The molecule has 1 heterocycles. The molecule has 0 unspecified atom stereocenters. The second-order valence-corrected chi connectivity index (χ2v) is 9.40. The van der Waals surface area contributed by atoms with Gasteiger partial charge in [-0.05, 0) is 56.0 Å². The zero-order valence-corrected chi connectivity index (χ0v) is 17.6. The Morgan fingerprint density at radius 2 is 1.70 bits per heavy atom. The molecular formula is C20H24N2O3S2. The van der Waals surface area contributed by atoms with E-state index in [1.165, 1.54) is 0 Å². The van der Waals surface area contributed by atoms with Gasteiger partial charge >= 0.3 is 4.87 Å². The molecule has 2 aromatic carbocycles. The van der Waals surface area contributed by atoms with Crippen molar-refractivity contribution in [1.29, 1.82) is 0 Å². The topological polar surface area (TPSA) is 68.2 Å². The number of aromatic nitrogens is 1. The molecule has 0 atom stereocenters. The molecule has 0 saturated heterocycles. The smallest absolute Gasteiger partial charge is 0.296 e. The standard InChI is InChI=1S/C20H24N2O3S2/c1-5-14-8-7-9-15(6-2)19(14)21-27(24,25)16-10-11-17-18(12-16)26-20(23)22(17)13(3)4/h7-13,21H,5-6H2,1-4H3. The Morgan fingerprint density at radius 3 is 2.26 bits per heavy atom. The Labute approximate surface area is 163 Å². The van der Waals surface area contributed by atoms with Crippen LogP contribution in [0.2, 0.25) is 0 Å². The van der Waals surface area contributed by atoms with E-state index in [1.807, 2.05) is 45.9 Å². The van der Waals surface area contributed by atoms with Crippen molar-refractivity contribution in [3.63, 3.8) is 0 Å². The van der Waals surface area contributed by atoms with Crippen molar-refractivity contribution in [2.45, 2.75) is 51.5 Å². The highest BCUT2D eigenvalue weighted by Crippen LogP contribution is 2.28. The summed E-state index contributed by atoms with van der Waals surface area (Å²) in [4.78, 5) is 12.3. The number of thiazole rings is 1. The molecule has 3 rings (SSSR count). The van der Waals surface area contributed by atoms with E-state index in [-0.39, 0.29) is 15.8 Å².